The fourth-order valence-corrected chi connectivity index (χ4v) is 4.43. The van der Waals surface area contributed by atoms with E-state index in [9.17, 15) is 4.79 Å². The summed E-state index contributed by atoms with van der Waals surface area (Å²) in [5.74, 6) is 1.39. The number of carbonyl (C=O) groups is 1. The van der Waals surface area contributed by atoms with Crippen molar-refractivity contribution in [3.05, 3.63) is 71.9 Å². The van der Waals surface area contributed by atoms with E-state index in [1.54, 1.807) is 24.9 Å². The zero-order chi connectivity index (χ0) is 23.5. The zero-order valence-electron chi connectivity index (χ0n) is 18.6. The summed E-state index contributed by atoms with van der Waals surface area (Å²) >= 11 is 1.47. The topological polar surface area (TPSA) is 91.5 Å². The molecule has 0 spiro atoms. The van der Waals surface area contributed by atoms with Crippen molar-refractivity contribution in [2.75, 3.05) is 19.5 Å². The normalized spacial score (nSPS) is 13.4. The highest BCUT2D eigenvalue weighted by Gasteiger charge is 2.25. The van der Waals surface area contributed by atoms with Crippen molar-refractivity contribution >= 4 is 40.4 Å². The SMILES string of the molecule is CCOC(=O)/C(=C/c1ccc2ncccc2c1)C1=Nn2c(nnc2-c2ccc(OC)cc2)SC1. The van der Waals surface area contributed by atoms with Crippen molar-refractivity contribution in [2.24, 2.45) is 5.10 Å². The molecule has 0 N–H and O–H groups in total. The Labute approximate surface area is 200 Å². The van der Waals surface area contributed by atoms with E-state index in [4.69, 9.17) is 14.6 Å². The number of thioether (sulfide) groups is 1. The van der Waals surface area contributed by atoms with Gasteiger partial charge in [0, 0.05) is 22.9 Å². The van der Waals surface area contributed by atoms with Gasteiger partial charge in [0.1, 0.15) is 5.75 Å². The highest BCUT2D eigenvalue weighted by Crippen LogP contribution is 2.30. The lowest BCUT2D eigenvalue weighted by atomic mass is 10.1. The van der Waals surface area contributed by atoms with Crippen LogP contribution in [0, 0.1) is 0 Å². The van der Waals surface area contributed by atoms with Crippen molar-refractivity contribution in [1.29, 1.82) is 0 Å². The number of esters is 1. The largest absolute Gasteiger partial charge is 0.497 e. The monoisotopic (exact) mass is 471 g/mol. The molecule has 0 amide bonds. The molecule has 1 aliphatic heterocycles. The number of nitrogens with zero attached hydrogens (tertiary/aromatic N) is 5. The van der Waals surface area contributed by atoms with Crippen molar-refractivity contribution in [3.63, 3.8) is 0 Å². The van der Waals surface area contributed by atoms with Gasteiger partial charge in [0.25, 0.3) is 0 Å². The molecule has 1 aliphatic rings. The molecule has 0 unspecified atom stereocenters. The summed E-state index contributed by atoms with van der Waals surface area (Å²) in [4.78, 5) is 17.3. The van der Waals surface area contributed by atoms with Crippen LogP contribution in [0.3, 0.4) is 0 Å². The van der Waals surface area contributed by atoms with Crippen LogP contribution in [0.1, 0.15) is 12.5 Å². The number of hydrogen-bond acceptors (Lipinski definition) is 8. The van der Waals surface area contributed by atoms with E-state index >= 15 is 0 Å². The first kappa shape index (κ1) is 21.8. The molecule has 0 fully saturated rings. The maximum absolute atomic E-state index is 12.9. The van der Waals surface area contributed by atoms with Crippen molar-refractivity contribution < 1.29 is 14.3 Å². The molecular formula is C25H21N5O3S. The molecule has 0 bridgehead atoms. The van der Waals surface area contributed by atoms with Crippen molar-refractivity contribution in [1.82, 2.24) is 19.9 Å². The number of benzene rings is 2. The van der Waals surface area contributed by atoms with Crippen LogP contribution in [0.4, 0.5) is 0 Å². The number of ether oxygens (including phenoxy) is 2. The highest BCUT2D eigenvalue weighted by molar-refractivity contribution is 7.99. The van der Waals surface area contributed by atoms with Gasteiger partial charge < -0.3 is 9.47 Å². The first-order valence-corrected chi connectivity index (χ1v) is 11.7. The summed E-state index contributed by atoms with van der Waals surface area (Å²) in [6, 6.07) is 17.2. The molecule has 0 atom stereocenters. The number of fused-ring (bicyclic) bond motifs is 2. The first-order chi connectivity index (χ1) is 16.7. The molecule has 4 aromatic rings. The molecule has 0 aliphatic carbocycles. The molecule has 0 radical (unpaired) electrons. The van der Waals surface area contributed by atoms with Crippen LogP contribution in [0.25, 0.3) is 28.4 Å². The Morgan fingerprint density at radius 2 is 2.00 bits per heavy atom. The predicted octanol–water partition coefficient (Wildman–Crippen LogP) is 4.46. The maximum atomic E-state index is 12.9. The van der Waals surface area contributed by atoms with Gasteiger partial charge in [-0.25, -0.2) is 4.79 Å². The van der Waals surface area contributed by atoms with Crippen LogP contribution >= 0.6 is 11.8 Å². The number of carbonyl (C=O) groups excluding carboxylic acids is 1. The average molecular weight is 472 g/mol. The van der Waals surface area contributed by atoms with Crippen LogP contribution < -0.4 is 4.74 Å². The Morgan fingerprint density at radius 3 is 2.79 bits per heavy atom. The van der Waals surface area contributed by atoms with Crippen LogP contribution in [0.2, 0.25) is 0 Å². The van der Waals surface area contributed by atoms with Gasteiger partial charge >= 0.3 is 5.97 Å². The van der Waals surface area contributed by atoms with E-state index in [0.29, 0.717) is 28.0 Å². The third-order valence-corrected chi connectivity index (χ3v) is 6.19. The summed E-state index contributed by atoms with van der Waals surface area (Å²) < 4.78 is 12.3. The number of rotatable bonds is 6. The standard InChI is InChI=1S/C25H21N5O3S/c1-3-33-24(31)20(14-16-6-11-21-18(13-16)5-4-12-26-21)22-15-34-25-28-27-23(30(25)29-22)17-7-9-19(32-2)10-8-17/h4-14H,3,15H2,1-2H3/b20-14+. The fourth-order valence-electron chi connectivity index (χ4n) is 3.60. The molecule has 8 nitrogen and oxygen atoms in total. The number of pyridine rings is 1. The Hall–Kier alpha value is -3.98. The molecule has 5 rings (SSSR count). The fraction of sp³-hybridized carbons (Fsp3) is 0.160. The van der Waals surface area contributed by atoms with Gasteiger partial charge in [-0.1, -0.05) is 23.9 Å². The quantitative estimate of drug-likeness (QED) is 0.303. The Morgan fingerprint density at radius 1 is 1.15 bits per heavy atom. The minimum Gasteiger partial charge on any atom is -0.497 e. The summed E-state index contributed by atoms with van der Waals surface area (Å²) in [6.45, 7) is 2.06. The van der Waals surface area contributed by atoms with Gasteiger partial charge in [0.05, 0.1) is 30.5 Å². The van der Waals surface area contributed by atoms with Crippen LogP contribution in [0.5, 0.6) is 5.75 Å². The number of hydrogen-bond donors (Lipinski definition) is 0. The van der Waals surface area contributed by atoms with Gasteiger partial charge in [0.15, 0.2) is 5.82 Å². The first-order valence-electron chi connectivity index (χ1n) is 10.7. The number of methoxy groups -OCH3 is 1. The average Bonchev–Trinajstić information content (AvgIpc) is 3.30. The van der Waals surface area contributed by atoms with Crippen LogP contribution in [-0.2, 0) is 9.53 Å². The Bertz CT molecular complexity index is 1430. The van der Waals surface area contributed by atoms with E-state index in [-0.39, 0.29) is 6.61 Å². The molecule has 34 heavy (non-hydrogen) atoms. The van der Waals surface area contributed by atoms with Gasteiger partial charge in [-0.3, -0.25) is 4.98 Å². The third kappa shape index (κ3) is 4.29. The van der Waals surface area contributed by atoms with Gasteiger partial charge in [-0.15, -0.1) is 10.2 Å². The Balaban J connectivity index is 1.57. The van der Waals surface area contributed by atoms with E-state index in [1.807, 2.05) is 60.7 Å². The maximum Gasteiger partial charge on any atom is 0.340 e. The second-order valence-electron chi connectivity index (χ2n) is 7.42. The summed E-state index contributed by atoms with van der Waals surface area (Å²) in [7, 11) is 1.62. The molecule has 0 saturated carbocycles. The second-order valence-corrected chi connectivity index (χ2v) is 8.36. The van der Waals surface area contributed by atoms with E-state index in [2.05, 4.69) is 15.2 Å². The molecule has 9 heteroatoms. The molecular weight excluding hydrogens is 450 g/mol. The molecule has 2 aromatic carbocycles. The zero-order valence-corrected chi connectivity index (χ0v) is 19.5. The van der Waals surface area contributed by atoms with Crippen LogP contribution in [0.15, 0.2) is 76.6 Å². The van der Waals surface area contributed by atoms with Gasteiger partial charge in [-0.05, 0) is 61.0 Å². The highest BCUT2D eigenvalue weighted by atomic mass is 32.2. The van der Waals surface area contributed by atoms with E-state index < -0.39 is 5.97 Å². The lowest BCUT2D eigenvalue weighted by molar-refractivity contribution is -0.137. The Kier molecular flexibility index (Phi) is 6.09. The van der Waals surface area contributed by atoms with E-state index in [1.165, 1.54) is 11.8 Å². The minimum absolute atomic E-state index is 0.271. The molecule has 3 heterocycles. The molecule has 2 aromatic heterocycles. The molecule has 0 saturated heterocycles. The van der Waals surface area contributed by atoms with Gasteiger partial charge in [0.2, 0.25) is 5.16 Å². The van der Waals surface area contributed by atoms with Crippen molar-refractivity contribution in [2.45, 2.75) is 12.1 Å². The lowest BCUT2D eigenvalue weighted by Crippen LogP contribution is -2.21. The van der Waals surface area contributed by atoms with Crippen molar-refractivity contribution in [3.8, 4) is 17.1 Å². The smallest absolute Gasteiger partial charge is 0.340 e. The third-order valence-electron chi connectivity index (χ3n) is 5.26. The number of aromatic nitrogens is 4. The second kappa shape index (κ2) is 9.48. The lowest BCUT2D eigenvalue weighted by Gasteiger charge is -2.16. The van der Waals surface area contributed by atoms with Gasteiger partial charge in [-0.2, -0.15) is 9.78 Å². The molecule has 170 valence electrons. The minimum atomic E-state index is -0.421. The van der Waals surface area contributed by atoms with E-state index in [0.717, 1.165) is 27.8 Å². The summed E-state index contributed by atoms with van der Waals surface area (Å²) in [5.41, 5.74) is 3.59. The van der Waals surface area contributed by atoms with Crippen LogP contribution in [-0.4, -0.2) is 51.0 Å². The summed E-state index contributed by atoms with van der Waals surface area (Å²) in [6.07, 6.45) is 3.57. The summed E-state index contributed by atoms with van der Waals surface area (Å²) in [5, 5.41) is 15.0. The predicted molar refractivity (Wildman–Crippen MR) is 132 cm³/mol.